The van der Waals surface area contributed by atoms with Gasteiger partial charge in [0.15, 0.2) is 0 Å². The quantitative estimate of drug-likeness (QED) is 0.796. The first kappa shape index (κ1) is 13.3. The van der Waals surface area contributed by atoms with Crippen LogP contribution in [0.4, 0.5) is 0 Å². The fourth-order valence-corrected chi connectivity index (χ4v) is 2.10. The Kier molecular flexibility index (Phi) is 3.66. The van der Waals surface area contributed by atoms with E-state index in [1.807, 2.05) is 36.4 Å². The lowest BCUT2D eigenvalue weighted by atomic mass is 10.2. The van der Waals surface area contributed by atoms with Crippen molar-refractivity contribution in [2.75, 3.05) is 7.11 Å². The molecule has 0 saturated carbocycles. The van der Waals surface area contributed by atoms with Crippen molar-refractivity contribution in [1.82, 2.24) is 9.97 Å². The van der Waals surface area contributed by atoms with Crippen LogP contribution in [0.2, 0.25) is 0 Å². The first-order valence-electron chi connectivity index (χ1n) is 6.56. The first-order valence-corrected chi connectivity index (χ1v) is 6.56. The van der Waals surface area contributed by atoms with E-state index in [-0.39, 0.29) is 0 Å². The molecule has 0 aliphatic rings. The van der Waals surface area contributed by atoms with Crippen molar-refractivity contribution >= 4 is 10.9 Å². The lowest BCUT2D eigenvalue weighted by Gasteiger charge is -2.10. The van der Waals surface area contributed by atoms with Gasteiger partial charge < -0.3 is 15.2 Å². The topological polar surface area (TPSA) is 70.3 Å². The molecule has 0 aliphatic heterocycles. The van der Waals surface area contributed by atoms with Crippen LogP contribution in [0.25, 0.3) is 10.9 Å². The Bertz CT molecular complexity index is 747. The highest BCUT2D eigenvalue weighted by molar-refractivity contribution is 5.83. The number of para-hydroxylation sites is 1. The number of benzene rings is 2. The monoisotopic (exact) mass is 281 g/mol. The molecule has 0 aliphatic carbocycles. The molecule has 106 valence electrons. The van der Waals surface area contributed by atoms with E-state index in [1.54, 1.807) is 13.2 Å². The molecule has 0 unspecified atom stereocenters. The van der Waals surface area contributed by atoms with Crippen molar-refractivity contribution in [3.05, 3.63) is 54.4 Å². The summed E-state index contributed by atoms with van der Waals surface area (Å²) in [7, 11) is 1.61. The standard InChI is InChI=1S/C16H15N3O2/c1-20-12-6-11(9-17)7-13(8-12)21-16-14-4-2-3-5-15(14)18-10-19-16/h2-8,10H,9,17H2,1H3. The van der Waals surface area contributed by atoms with Gasteiger partial charge >= 0.3 is 0 Å². The van der Waals surface area contributed by atoms with E-state index < -0.39 is 0 Å². The van der Waals surface area contributed by atoms with Gasteiger partial charge in [-0.2, -0.15) is 0 Å². The molecule has 1 heterocycles. The summed E-state index contributed by atoms with van der Waals surface area (Å²) in [5, 5.41) is 0.858. The summed E-state index contributed by atoms with van der Waals surface area (Å²) in [6.45, 7) is 0.415. The highest BCUT2D eigenvalue weighted by atomic mass is 16.5. The van der Waals surface area contributed by atoms with Crippen molar-refractivity contribution in [1.29, 1.82) is 0 Å². The van der Waals surface area contributed by atoms with E-state index in [4.69, 9.17) is 15.2 Å². The highest BCUT2D eigenvalue weighted by Gasteiger charge is 2.07. The Labute approximate surface area is 122 Å². The number of rotatable bonds is 4. The predicted molar refractivity (Wildman–Crippen MR) is 80.5 cm³/mol. The zero-order valence-electron chi connectivity index (χ0n) is 11.6. The van der Waals surface area contributed by atoms with Crippen LogP contribution in [0.15, 0.2) is 48.8 Å². The van der Waals surface area contributed by atoms with Crippen LogP contribution in [0.3, 0.4) is 0 Å². The highest BCUT2D eigenvalue weighted by Crippen LogP contribution is 2.29. The van der Waals surface area contributed by atoms with Crippen molar-refractivity contribution in [2.45, 2.75) is 6.54 Å². The van der Waals surface area contributed by atoms with Crippen LogP contribution in [0.1, 0.15) is 5.56 Å². The number of fused-ring (bicyclic) bond motifs is 1. The van der Waals surface area contributed by atoms with Gasteiger partial charge in [0.2, 0.25) is 5.88 Å². The normalized spacial score (nSPS) is 10.6. The molecule has 2 N–H and O–H groups in total. The average molecular weight is 281 g/mol. The minimum Gasteiger partial charge on any atom is -0.497 e. The molecule has 0 fully saturated rings. The molecule has 0 radical (unpaired) electrons. The van der Waals surface area contributed by atoms with Crippen molar-refractivity contribution in [3.63, 3.8) is 0 Å². The van der Waals surface area contributed by atoms with Crippen LogP contribution in [-0.4, -0.2) is 17.1 Å². The smallest absolute Gasteiger partial charge is 0.230 e. The number of aromatic nitrogens is 2. The molecule has 0 atom stereocenters. The fourth-order valence-electron chi connectivity index (χ4n) is 2.10. The zero-order chi connectivity index (χ0) is 14.7. The summed E-state index contributed by atoms with van der Waals surface area (Å²) >= 11 is 0. The summed E-state index contributed by atoms with van der Waals surface area (Å²) in [6.07, 6.45) is 1.49. The largest absolute Gasteiger partial charge is 0.497 e. The number of methoxy groups -OCH3 is 1. The predicted octanol–water partition coefficient (Wildman–Crippen LogP) is 2.89. The van der Waals surface area contributed by atoms with Crippen LogP contribution >= 0.6 is 0 Å². The van der Waals surface area contributed by atoms with E-state index in [0.717, 1.165) is 16.5 Å². The maximum atomic E-state index is 5.89. The second-order valence-electron chi connectivity index (χ2n) is 4.52. The molecule has 3 aromatic rings. The van der Waals surface area contributed by atoms with E-state index in [2.05, 4.69) is 9.97 Å². The summed E-state index contributed by atoms with van der Waals surface area (Å²) < 4.78 is 11.1. The maximum absolute atomic E-state index is 5.89. The summed E-state index contributed by atoms with van der Waals surface area (Å²) in [6, 6.07) is 13.3. The van der Waals surface area contributed by atoms with Gasteiger partial charge in [0, 0.05) is 12.6 Å². The van der Waals surface area contributed by atoms with Crippen LogP contribution in [0.5, 0.6) is 17.4 Å². The second-order valence-corrected chi connectivity index (χ2v) is 4.52. The second kappa shape index (κ2) is 5.76. The average Bonchev–Trinajstić information content (AvgIpc) is 2.55. The van der Waals surface area contributed by atoms with Gasteiger partial charge in [-0.1, -0.05) is 12.1 Å². The fraction of sp³-hybridized carbons (Fsp3) is 0.125. The molecule has 5 nitrogen and oxygen atoms in total. The van der Waals surface area contributed by atoms with Gasteiger partial charge in [0.25, 0.3) is 0 Å². The van der Waals surface area contributed by atoms with Gasteiger partial charge in [0.1, 0.15) is 17.8 Å². The molecular weight excluding hydrogens is 266 g/mol. The Morgan fingerprint density at radius 2 is 1.86 bits per heavy atom. The SMILES string of the molecule is COc1cc(CN)cc(Oc2ncnc3ccccc23)c1. The Morgan fingerprint density at radius 3 is 2.67 bits per heavy atom. The first-order chi connectivity index (χ1) is 10.3. The third kappa shape index (κ3) is 2.78. The van der Waals surface area contributed by atoms with Gasteiger partial charge in [0.05, 0.1) is 18.0 Å². The summed E-state index contributed by atoms with van der Waals surface area (Å²) in [4.78, 5) is 8.42. The molecule has 21 heavy (non-hydrogen) atoms. The molecule has 0 spiro atoms. The Balaban J connectivity index is 2.02. The Morgan fingerprint density at radius 1 is 1.05 bits per heavy atom. The van der Waals surface area contributed by atoms with Gasteiger partial charge in [-0.25, -0.2) is 9.97 Å². The van der Waals surface area contributed by atoms with E-state index in [0.29, 0.717) is 23.9 Å². The Hall–Kier alpha value is -2.66. The van der Waals surface area contributed by atoms with E-state index >= 15 is 0 Å². The molecule has 0 bridgehead atoms. The molecule has 0 amide bonds. The number of hydrogen-bond acceptors (Lipinski definition) is 5. The number of nitrogens with two attached hydrogens (primary N) is 1. The van der Waals surface area contributed by atoms with Crippen molar-refractivity contribution < 1.29 is 9.47 Å². The minimum absolute atomic E-state index is 0.415. The molecule has 2 aromatic carbocycles. The van der Waals surface area contributed by atoms with Gasteiger partial charge in [-0.3, -0.25) is 0 Å². The van der Waals surface area contributed by atoms with Crippen LogP contribution < -0.4 is 15.2 Å². The third-order valence-electron chi connectivity index (χ3n) is 3.13. The molecule has 0 saturated heterocycles. The summed E-state index contributed by atoms with van der Waals surface area (Å²) in [5.41, 5.74) is 7.46. The number of ether oxygens (including phenoxy) is 2. The van der Waals surface area contributed by atoms with Gasteiger partial charge in [-0.05, 0) is 29.8 Å². The lowest BCUT2D eigenvalue weighted by Crippen LogP contribution is -1.98. The molecular formula is C16H15N3O2. The summed E-state index contributed by atoms with van der Waals surface area (Å²) in [5.74, 6) is 1.85. The molecule has 1 aromatic heterocycles. The van der Waals surface area contributed by atoms with Gasteiger partial charge in [-0.15, -0.1) is 0 Å². The van der Waals surface area contributed by atoms with Crippen LogP contribution in [-0.2, 0) is 6.54 Å². The van der Waals surface area contributed by atoms with Crippen molar-refractivity contribution in [3.8, 4) is 17.4 Å². The molecule has 5 heteroatoms. The lowest BCUT2D eigenvalue weighted by molar-refractivity contribution is 0.407. The van der Waals surface area contributed by atoms with E-state index in [1.165, 1.54) is 6.33 Å². The zero-order valence-corrected chi connectivity index (χ0v) is 11.6. The van der Waals surface area contributed by atoms with Crippen LogP contribution in [0, 0.1) is 0 Å². The maximum Gasteiger partial charge on any atom is 0.230 e. The minimum atomic E-state index is 0.415. The number of nitrogens with zero attached hydrogens (tertiary/aromatic N) is 2. The molecule has 3 rings (SSSR count). The third-order valence-corrected chi connectivity index (χ3v) is 3.13. The van der Waals surface area contributed by atoms with E-state index in [9.17, 15) is 0 Å². The number of hydrogen-bond donors (Lipinski definition) is 1. The van der Waals surface area contributed by atoms with Crippen molar-refractivity contribution in [2.24, 2.45) is 5.73 Å².